The SMILES string of the molecule is Cc1ccc(NC2CC(c3ccc(Br)cc3)C2)c(C)c1. The Bertz CT molecular complexity index is 597. The highest BCUT2D eigenvalue weighted by atomic mass is 79.9. The summed E-state index contributed by atoms with van der Waals surface area (Å²) in [7, 11) is 0. The lowest BCUT2D eigenvalue weighted by Gasteiger charge is -2.37. The lowest BCUT2D eigenvalue weighted by molar-refractivity contribution is 0.374. The molecule has 0 bridgehead atoms. The molecular formula is C18H20BrN. The van der Waals surface area contributed by atoms with Crippen molar-refractivity contribution in [3.63, 3.8) is 0 Å². The first-order chi connectivity index (χ1) is 9.61. The molecule has 0 aromatic heterocycles. The number of anilines is 1. The van der Waals surface area contributed by atoms with Crippen LogP contribution in [0.5, 0.6) is 0 Å². The van der Waals surface area contributed by atoms with Crippen molar-refractivity contribution in [2.45, 2.75) is 38.6 Å². The average molecular weight is 330 g/mol. The fourth-order valence-corrected chi connectivity index (χ4v) is 3.20. The van der Waals surface area contributed by atoms with Gasteiger partial charge in [0.1, 0.15) is 0 Å². The summed E-state index contributed by atoms with van der Waals surface area (Å²) < 4.78 is 1.16. The normalized spacial score (nSPS) is 21.4. The molecule has 104 valence electrons. The van der Waals surface area contributed by atoms with Crippen LogP contribution in [0.1, 0.15) is 35.4 Å². The van der Waals surface area contributed by atoms with Crippen LogP contribution in [0, 0.1) is 13.8 Å². The molecule has 0 amide bonds. The number of hydrogen-bond donors (Lipinski definition) is 1. The first-order valence-electron chi connectivity index (χ1n) is 7.21. The van der Waals surface area contributed by atoms with Crippen molar-refractivity contribution in [3.05, 3.63) is 63.6 Å². The molecule has 1 N–H and O–H groups in total. The number of halogens is 1. The molecule has 1 aliphatic carbocycles. The van der Waals surface area contributed by atoms with Crippen molar-refractivity contribution >= 4 is 21.6 Å². The molecule has 0 atom stereocenters. The van der Waals surface area contributed by atoms with Crippen molar-refractivity contribution in [1.29, 1.82) is 0 Å². The second-order valence-corrected chi connectivity index (χ2v) is 6.80. The number of hydrogen-bond acceptors (Lipinski definition) is 1. The highest BCUT2D eigenvalue weighted by Crippen LogP contribution is 2.39. The minimum Gasteiger partial charge on any atom is -0.382 e. The Labute approximate surface area is 129 Å². The fourth-order valence-electron chi connectivity index (χ4n) is 2.94. The van der Waals surface area contributed by atoms with Gasteiger partial charge in [0, 0.05) is 16.2 Å². The Hall–Kier alpha value is -1.28. The number of aryl methyl sites for hydroxylation is 2. The Morgan fingerprint density at radius 2 is 1.70 bits per heavy atom. The number of rotatable bonds is 3. The maximum Gasteiger partial charge on any atom is 0.0372 e. The summed E-state index contributed by atoms with van der Waals surface area (Å²) in [4.78, 5) is 0. The molecule has 0 spiro atoms. The third kappa shape index (κ3) is 2.90. The fraction of sp³-hybridized carbons (Fsp3) is 0.333. The Kier molecular flexibility index (Phi) is 3.84. The Morgan fingerprint density at radius 3 is 2.35 bits per heavy atom. The molecule has 0 saturated heterocycles. The van der Waals surface area contributed by atoms with E-state index in [1.165, 1.54) is 35.2 Å². The van der Waals surface area contributed by atoms with Gasteiger partial charge in [-0.05, 0) is 61.9 Å². The van der Waals surface area contributed by atoms with Gasteiger partial charge in [-0.25, -0.2) is 0 Å². The molecule has 0 aliphatic heterocycles. The van der Waals surface area contributed by atoms with Gasteiger partial charge in [0.2, 0.25) is 0 Å². The zero-order valence-corrected chi connectivity index (χ0v) is 13.6. The molecule has 1 fully saturated rings. The summed E-state index contributed by atoms with van der Waals surface area (Å²) in [5.41, 5.74) is 5.42. The van der Waals surface area contributed by atoms with E-state index in [4.69, 9.17) is 0 Å². The van der Waals surface area contributed by atoms with Crippen LogP contribution < -0.4 is 5.32 Å². The van der Waals surface area contributed by atoms with Gasteiger partial charge in [-0.3, -0.25) is 0 Å². The molecule has 0 radical (unpaired) electrons. The highest BCUT2D eigenvalue weighted by Gasteiger charge is 2.30. The van der Waals surface area contributed by atoms with E-state index in [0.29, 0.717) is 12.0 Å². The van der Waals surface area contributed by atoms with E-state index in [9.17, 15) is 0 Å². The van der Waals surface area contributed by atoms with Gasteiger partial charge in [-0.1, -0.05) is 45.8 Å². The molecule has 0 heterocycles. The predicted molar refractivity (Wildman–Crippen MR) is 89.4 cm³/mol. The smallest absolute Gasteiger partial charge is 0.0372 e. The standard InChI is InChI=1S/C18H20BrN/c1-12-3-8-18(13(2)9-12)20-17-10-15(11-17)14-4-6-16(19)7-5-14/h3-9,15,17,20H,10-11H2,1-2H3. The first-order valence-corrected chi connectivity index (χ1v) is 8.00. The summed E-state index contributed by atoms with van der Waals surface area (Å²) in [5, 5.41) is 3.68. The summed E-state index contributed by atoms with van der Waals surface area (Å²) in [6.45, 7) is 4.32. The topological polar surface area (TPSA) is 12.0 Å². The lowest BCUT2D eigenvalue weighted by Crippen LogP contribution is -2.34. The maximum atomic E-state index is 3.68. The van der Waals surface area contributed by atoms with Crippen molar-refractivity contribution in [2.24, 2.45) is 0 Å². The van der Waals surface area contributed by atoms with Gasteiger partial charge < -0.3 is 5.32 Å². The van der Waals surface area contributed by atoms with Crippen molar-refractivity contribution < 1.29 is 0 Å². The van der Waals surface area contributed by atoms with Gasteiger partial charge in [-0.2, -0.15) is 0 Å². The monoisotopic (exact) mass is 329 g/mol. The third-order valence-electron chi connectivity index (χ3n) is 4.22. The van der Waals surface area contributed by atoms with Gasteiger partial charge in [-0.15, -0.1) is 0 Å². The van der Waals surface area contributed by atoms with Crippen LogP contribution in [0.25, 0.3) is 0 Å². The van der Waals surface area contributed by atoms with E-state index < -0.39 is 0 Å². The predicted octanol–water partition coefficient (Wildman–Crippen LogP) is 5.42. The molecule has 3 rings (SSSR count). The van der Waals surface area contributed by atoms with Gasteiger partial charge in [0.15, 0.2) is 0 Å². The quantitative estimate of drug-likeness (QED) is 0.792. The van der Waals surface area contributed by atoms with Crippen LogP contribution >= 0.6 is 15.9 Å². The van der Waals surface area contributed by atoms with Crippen molar-refractivity contribution in [2.75, 3.05) is 5.32 Å². The molecule has 1 saturated carbocycles. The van der Waals surface area contributed by atoms with Gasteiger partial charge in [0.25, 0.3) is 0 Å². The molecule has 2 heteroatoms. The second-order valence-electron chi connectivity index (χ2n) is 5.88. The van der Waals surface area contributed by atoms with Gasteiger partial charge in [0.05, 0.1) is 0 Å². The summed E-state index contributed by atoms with van der Waals surface area (Å²) in [6, 6.07) is 16.0. The van der Waals surface area contributed by atoms with Crippen LogP contribution in [-0.4, -0.2) is 6.04 Å². The average Bonchev–Trinajstić information content (AvgIpc) is 2.37. The summed E-state index contributed by atoms with van der Waals surface area (Å²) in [5.74, 6) is 0.714. The minimum atomic E-state index is 0.616. The van der Waals surface area contributed by atoms with E-state index in [2.05, 4.69) is 77.6 Å². The Morgan fingerprint density at radius 1 is 1.00 bits per heavy atom. The molecule has 20 heavy (non-hydrogen) atoms. The van der Waals surface area contributed by atoms with Gasteiger partial charge >= 0.3 is 0 Å². The van der Waals surface area contributed by atoms with Crippen LogP contribution in [0.15, 0.2) is 46.9 Å². The largest absolute Gasteiger partial charge is 0.382 e. The van der Waals surface area contributed by atoms with Crippen LogP contribution in [0.3, 0.4) is 0 Å². The summed E-state index contributed by atoms with van der Waals surface area (Å²) in [6.07, 6.45) is 2.46. The van der Waals surface area contributed by atoms with E-state index >= 15 is 0 Å². The second kappa shape index (κ2) is 5.61. The molecular weight excluding hydrogens is 310 g/mol. The minimum absolute atomic E-state index is 0.616. The lowest BCUT2D eigenvalue weighted by atomic mass is 9.76. The van der Waals surface area contributed by atoms with E-state index in [1.54, 1.807) is 0 Å². The van der Waals surface area contributed by atoms with E-state index in [-0.39, 0.29) is 0 Å². The zero-order chi connectivity index (χ0) is 14.1. The number of nitrogens with one attached hydrogen (secondary N) is 1. The van der Waals surface area contributed by atoms with Crippen LogP contribution in [-0.2, 0) is 0 Å². The maximum absolute atomic E-state index is 3.68. The Balaban J connectivity index is 1.59. The molecule has 1 aliphatic rings. The molecule has 1 nitrogen and oxygen atoms in total. The molecule has 0 unspecified atom stereocenters. The van der Waals surface area contributed by atoms with Crippen LogP contribution in [0.4, 0.5) is 5.69 Å². The summed E-state index contributed by atoms with van der Waals surface area (Å²) >= 11 is 3.49. The van der Waals surface area contributed by atoms with Crippen molar-refractivity contribution in [3.8, 4) is 0 Å². The molecule has 2 aromatic carbocycles. The molecule has 2 aromatic rings. The number of benzene rings is 2. The highest BCUT2D eigenvalue weighted by molar-refractivity contribution is 9.10. The third-order valence-corrected chi connectivity index (χ3v) is 4.75. The van der Waals surface area contributed by atoms with E-state index in [1.807, 2.05) is 0 Å². The zero-order valence-electron chi connectivity index (χ0n) is 12.0. The van der Waals surface area contributed by atoms with E-state index in [0.717, 1.165) is 4.47 Å². The van der Waals surface area contributed by atoms with Crippen LogP contribution in [0.2, 0.25) is 0 Å². The van der Waals surface area contributed by atoms with Crippen molar-refractivity contribution in [1.82, 2.24) is 0 Å². The first kappa shape index (κ1) is 13.7.